The zero-order chi connectivity index (χ0) is 12.8. The Kier molecular flexibility index (Phi) is 2.38. The van der Waals surface area contributed by atoms with Gasteiger partial charge in [-0.3, -0.25) is 0 Å². The van der Waals surface area contributed by atoms with E-state index in [0.717, 1.165) is 6.42 Å². The third-order valence-electron chi connectivity index (χ3n) is 4.51. The fourth-order valence-corrected chi connectivity index (χ4v) is 3.56. The Hall–Kier alpha value is -1.82. The molecule has 0 amide bonds. The van der Waals surface area contributed by atoms with Crippen molar-refractivity contribution in [1.29, 1.82) is 0 Å². The van der Waals surface area contributed by atoms with Crippen molar-refractivity contribution in [2.75, 3.05) is 0 Å². The van der Waals surface area contributed by atoms with Crippen LogP contribution in [0.2, 0.25) is 0 Å². The van der Waals surface area contributed by atoms with Crippen molar-refractivity contribution >= 4 is 11.6 Å². The summed E-state index contributed by atoms with van der Waals surface area (Å²) in [6.45, 7) is 2.27. The van der Waals surface area contributed by atoms with Crippen molar-refractivity contribution in [3.8, 4) is 0 Å². The molecule has 0 fully saturated rings. The van der Waals surface area contributed by atoms with Crippen molar-refractivity contribution in [2.45, 2.75) is 26.2 Å². The van der Waals surface area contributed by atoms with Gasteiger partial charge in [0.1, 0.15) is 0 Å². The molecule has 0 radical (unpaired) electrons. The molecule has 94 valence electrons. The normalized spacial score (nSPS) is 23.1. The molecule has 1 aromatic carbocycles. The summed E-state index contributed by atoms with van der Waals surface area (Å²) in [7, 11) is 0. The van der Waals surface area contributed by atoms with E-state index in [2.05, 4.69) is 55.5 Å². The largest absolute Gasteiger partial charge is 0.0801 e. The van der Waals surface area contributed by atoms with Crippen LogP contribution in [0.15, 0.2) is 48.1 Å². The van der Waals surface area contributed by atoms with Gasteiger partial charge in [0.05, 0.1) is 0 Å². The van der Waals surface area contributed by atoms with E-state index in [0.29, 0.717) is 5.92 Å². The van der Waals surface area contributed by atoms with Crippen LogP contribution < -0.4 is 10.4 Å². The molecule has 1 unspecified atom stereocenters. The third kappa shape index (κ3) is 1.67. The minimum absolute atomic E-state index is 0.592. The molecular weight excluding hydrogens is 228 g/mol. The van der Waals surface area contributed by atoms with Crippen molar-refractivity contribution < 1.29 is 0 Å². The summed E-state index contributed by atoms with van der Waals surface area (Å²) in [6, 6.07) is 4.62. The molecule has 19 heavy (non-hydrogen) atoms. The fraction of sp³-hybridized carbons (Fsp3) is 0.263. The van der Waals surface area contributed by atoms with Crippen LogP contribution in [0.5, 0.6) is 0 Å². The molecular formula is C19H18. The van der Waals surface area contributed by atoms with Crippen molar-refractivity contribution in [3.63, 3.8) is 0 Å². The van der Waals surface area contributed by atoms with E-state index in [9.17, 15) is 0 Å². The maximum absolute atomic E-state index is 2.43. The molecule has 3 aliphatic rings. The summed E-state index contributed by atoms with van der Waals surface area (Å²) in [4.78, 5) is 0. The Bertz CT molecular complexity index is 754. The van der Waals surface area contributed by atoms with E-state index in [1.165, 1.54) is 28.9 Å². The molecule has 4 rings (SSSR count). The first-order chi connectivity index (χ1) is 9.33. The van der Waals surface area contributed by atoms with Gasteiger partial charge in [0, 0.05) is 0 Å². The monoisotopic (exact) mass is 246 g/mol. The van der Waals surface area contributed by atoms with Gasteiger partial charge in [0.15, 0.2) is 0 Å². The molecule has 0 heteroatoms. The summed E-state index contributed by atoms with van der Waals surface area (Å²) in [6.07, 6.45) is 17.3. The number of hydrogen-bond acceptors (Lipinski definition) is 0. The minimum atomic E-state index is 0.592. The van der Waals surface area contributed by atoms with Crippen LogP contribution >= 0.6 is 0 Å². The predicted molar refractivity (Wildman–Crippen MR) is 81.1 cm³/mol. The lowest BCUT2D eigenvalue weighted by molar-refractivity contribution is 0.858. The molecule has 0 nitrogen and oxygen atoms in total. The first-order valence-corrected chi connectivity index (χ1v) is 7.24. The molecule has 0 aromatic heterocycles. The smallest absolute Gasteiger partial charge is 0.00725 e. The number of hydrogen-bond donors (Lipinski definition) is 0. The molecule has 0 spiro atoms. The van der Waals surface area contributed by atoms with Crippen LogP contribution in [0.4, 0.5) is 0 Å². The highest BCUT2D eigenvalue weighted by molar-refractivity contribution is 5.77. The lowest BCUT2D eigenvalue weighted by atomic mass is 9.81. The Labute approximate surface area is 114 Å². The Balaban J connectivity index is 2.05. The van der Waals surface area contributed by atoms with Gasteiger partial charge in [0.2, 0.25) is 0 Å². The van der Waals surface area contributed by atoms with Crippen LogP contribution in [0.3, 0.4) is 0 Å². The van der Waals surface area contributed by atoms with E-state index in [1.807, 2.05) is 0 Å². The van der Waals surface area contributed by atoms with Gasteiger partial charge in [-0.25, -0.2) is 0 Å². The number of rotatable bonds is 0. The quantitative estimate of drug-likeness (QED) is 0.660. The van der Waals surface area contributed by atoms with Crippen LogP contribution in [-0.4, -0.2) is 0 Å². The Morgan fingerprint density at radius 3 is 3.00 bits per heavy atom. The summed E-state index contributed by atoms with van der Waals surface area (Å²) in [5.74, 6) is 0.592. The zero-order valence-electron chi connectivity index (χ0n) is 11.3. The highest BCUT2D eigenvalue weighted by Crippen LogP contribution is 2.29. The lowest BCUT2D eigenvalue weighted by Crippen LogP contribution is -2.28. The first-order valence-electron chi connectivity index (χ1n) is 7.24. The standard InChI is InChI=1S/C19H18/c1-13-6-9-17-15(12-13)8-11-18-16-5-3-2-4-14(16)7-10-19(17)18/h2-4,6-7,9-10,12-13H,5,8,11H2,1H3. The second-order valence-corrected chi connectivity index (χ2v) is 5.78. The average molecular weight is 246 g/mol. The molecule has 0 heterocycles. The van der Waals surface area contributed by atoms with Gasteiger partial charge in [0.25, 0.3) is 0 Å². The van der Waals surface area contributed by atoms with Gasteiger partial charge in [-0.15, -0.1) is 0 Å². The molecule has 0 bridgehead atoms. The number of allylic oxidation sites excluding steroid dienone is 6. The SMILES string of the molecule is CC1C=CC2=c3ccc4c(c3CCC2=C1)CC=CC=4. The zero-order valence-corrected chi connectivity index (χ0v) is 11.3. The summed E-state index contributed by atoms with van der Waals surface area (Å²) < 4.78 is 0. The molecule has 0 aliphatic heterocycles. The average Bonchev–Trinajstić information content (AvgIpc) is 2.46. The summed E-state index contributed by atoms with van der Waals surface area (Å²) >= 11 is 0. The lowest BCUT2D eigenvalue weighted by Gasteiger charge is -2.24. The van der Waals surface area contributed by atoms with Gasteiger partial charge in [-0.05, 0) is 57.9 Å². The molecule has 3 aliphatic carbocycles. The molecule has 1 atom stereocenters. The third-order valence-corrected chi connectivity index (χ3v) is 4.51. The van der Waals surface area contributed by atoms with E-state index >= 15 is 0 Å². The van der Waals surface area contributed by atoms with Gasteiger partial charge < -0.3 is 0 Å². The Morgan fingerprint density at radius 1 is 1.11 bits per heavy atom. The Morgan fingerprint density at radius 2 is 2.05 bits per heavy atom. The summed E-state index contributed by atoms with van der Waals surface area (Å²) in [5.41, 5.74) is 6.16. The maximum atomic E-state index is 2.43. The van der Waals surface area contributed by atoms with Crippen LogP contribution in [0.25, 0.3) is 11.6 Å². The highest BCUT2D eigenvalue weighted by atomic mass is 14.2. The van der Waals surface area contributed by atoms with Crippen molar-refractivity contribution in [3.05, 3.63) is 69.7 Å². The van der Waals surface area contributed by atoms with Gasteiger partial charge in [-0.1, -0.05) is 55.5 Å². The van der Waals surface area contributed by atoms with Crippen LogP contribution in [0, 0.1) is 5.92 Å². The van der Waals surface area contributed by atoms with Crippen LogP contribution in [0.1, 0.15) is 24.5 Å². The van der Waals surface area contributed by atoms with E-state index < -0.39 is 0 Å². The van der Waals surface area contributed by atoms with E-state index in [-0.39, 0.29) is 0 Å². The summed E-state index contributed by atoms with van der Waals surface area (Å²) in [5, 5.41) is 2.89. The van der Waals surface area contributed by atoms with E-state index in [4.69, 9.17) is 0 Å². The number of benzene rings is 1. The molecule has 0 N–H and O–H groups in total. The van der Waals surface area contributed by atoms with Crippen LogP contribution in [-0.2, 0) is 12.8 Å². The topological polar surface area (TPSA) is 0 Å². The maximum Gasteiger partial charge on any atom is -0.00725 e. The van der Waals surface area contributed by atoms with E-state index in [1.54, 1.807) is 16.7 Å². The van der Waals surface area contributed by atoms with Gasteiger partial charge in [-0.2, -0.15) is 0 Å². The van der Waals surface area contributed by atoms with Gasteiger partial charge >= 0.3 is 0 Å². The second-order valence-electron chi connectivity index (χ2n) is 5.78. The highest BCUT2D eigenvalue weighted by Gasteiger charge is 2.19. The minimum Gasteiger partial charge on any atom is -0.0801 e. The molecule has 0 saturated carbocycles. The fourth-order valence-electron chi connectivity index (χ4n) is 3.56. The molecule has 1 aromatic rings. The predicted octanol–water partition coefficient (Wildman–Crippen LogP) is 2.81. The molecule has 0 saturated heterocycles. The first kappa shape index (κ1) is 11.0. The van der Waals surface area contributed by atoms with Crippen molar-refractivity contribution in [1.82, 2.24) is 0 Å². The van der Waals surface area contributed by atoms with Crippen molar-refractivity contribution in [2.24, 2.45) is 5.92 Å². The second kappa shape index (κ2) is 4.09. The number of fused-ring (bicyclic) bond motifs is 4.